The molecular weight excluding hydrogens is 446 g/mol. The van der Waals surface area contributed by atoms with E-state index in [1.165, 1.54) is 19.3 Å². The van der Waals surface area contributed by atoms with Crippen LogP contribution in [0.3, 0.4) is 0 Å². The molecule has 34 heavy (non-hydrogen) atoms. The van der Waals surface area contributed by atoms with Gasteiger partial charge in [-0.3, -0.25) is 4.79 Å². The van der Waals surface area contributed by atoms with Gasteiger partial charge < -0.3 is 24.9 Å². The van der Waals surface area contributed by atoms with E-state index in [-0.39, 0.29) is 18.6 Å². The van der Waals surface area contributed by atoms with E-state index in [0.29, 0.717) is 17.8 Å². The zero-order chi connectivity index (χ0) is 24.2. The van der Waals surface area contributed by atoms with Gasteiger partial charge in [-0.25, -0.2) is 4.98 Å². The van der Waals surface area contributed by atoms with Gasteiger partial charge in [0.25, 0.3) is 5.91 Å². The fourth-order valence-electron chi connectivity index (χ4n) is 4.22. The van der Waals surface area contributed by atoms with Crippen molar-refractivity contribution in [3.05, 3.63) is 53.6 Å². The summed E-state index contributed by atoms with van der Waals surface area (Å²) in [4.78, 5) is 20.5. The minimum Gasteiger partial charge on any atom is -0.394 e. The van der Waals surface area contributed by atoms with Crippen LogP contribution in [0.5, 0.6) is 0 Å². The lowest BCUT2D eigenvalue weighted by molar-refractivity contribution is 0.0916. The summed E-state index contributed by atoms with van der Waals surface area (Å²) in [5.74, 6) is 1.28. The molecule has 0 aliphatic carbocycles. The summed E-state index contributed by atoms with van der Waals surface area (Å²) in [6.45, 7) is 6.93. The van der Waals surface area contributed by atoms with Crippen LogP contribution < -0.4 is 14.9 Å². The van der Waals surface area contributed by atoms with E-state index in [2.05, 4.69) is 26.8 Å². The molecule has 0 radical (unpaired) electrons. The molecule has 186 valence electrons. The SMILES string of the molecule is CCCN(SC)c1cc(C(=O)NC(CO)Cc2ccccc2)cc(NCCN2CCCCC2)n1. The highest BCUT2D eigenvalue weighted by atomic mass is 32.2. The highest BCUT2D eigenvalue weighted by Gasteiger charge is 2.18. The fourth-order valence-corrected chi connectivity index (χ4v) is 4.87. The summed E-state index contributed by atoms with van der Waals surface area (Å²) in [6.07, 6.45) is 7.46. The first-order valence-corrected chi connectivity index (χ1v) is 13.6. The number of piperidine rings is 1. The van der Waals surface area contributed by atoms with Crippen LogP contribution in [0.2, 0.25) is 0 Å². The van der Waals surface area contributed by atoms with Crippen molar-refractivity contribution in [1.29, 1.82) is 0 Å². The molecule has 1 unspecified atom stereocenters. The van der Waals surface area contributed by atoms with Gasteiger partial charge in [0.15, 0.2) is 0 Å². The summed E-state index contributed by atoms with van der Waals surface area (Å²) in [5, 5.41) is 16.3. The lowest BCUT2D eigenvalue weighted by Gasteiger charge is -2.26. The Hall–Kier alpha value is -2.29. The molecular formula is C26H39N5O2S. The van der Waals surface area contributed by atoms with Gasteiger partial charge in [-0.05, 0) is 56.5 Å². The lowest BCUT2D eigenvalue weighted by atomic mass is 10.1. The van der Waals surface area contributed by atoms with Crippen molar-refractivity contribution in [2.24, 2.45) is 0 Å². The number of aliphatic hydroxyl groups is 1. The number of hydrogen-bond acceptors (Lipinski definition) is 7. The summed E-state index contributed by atoms with van der Waals surface area (Å²) in [7, 11) is 0. The van der Waals surface area contributed by atoms with Crippen molar-refractivity contribution in [3.8, 4) is 0 Å². The third kappa shape index (κ3) is 8.18. The zero-order valence-electron chi connectivity index (χ0n) is 20.5. The smallest absolute Gasteiger partial charge is 0.251 e. The van der Waals surface area contributed by atoms with Gasteiger partial charge in [0.1, 0.15) is 11.6 Å². The Morgan fingerprint density at radius 3 is 2.65 bits per heavy atom. The maximum atomic E-state index is 13.2. The first-order chi connectivity index (χ1) is 16.6. The molecule has 1 aromatic carbocycles. The predicted molar refractivity (Wildman–Crippen MR) is 143 cm³/mol. The van der Waals surface area contributed by atoms with Crippen LogP contribution in [-0.2, 0) is 6.42 Å². The number of carbonyl (C=O) groups excluding carboxylic acids is 1. The van der Waals surface area contributed by atoms with E-state index in [0.717, 1.165) is 50.5 Å². The van der Waals surface area contributed by atoms with Gasteiger partial charge in [-0.15, -0.1) is 0 Å². The number of likely N-dealkylation sites (tertiary alicyclic amines) is 1. The van der Waals surface area contributed by atoms with Gasteiger partial charge in [0.2, 0.25) is 0 Å². The Kier molecular flexibility index (Phi) is 11.0. The third-order valence-electron chi connectivity index (χ3n) is 6.04. The average Bonchev–Trinajstić information content (AvgIpc) is 2.88. The van der Waals surface area contributed by atoms with E-state index in [4.69, 9.17) is 4.98 Å². The quantitative estimate of drug-likeness (QED) is 0.372. The number of nitrogens with one attached hydrogen (secondary N) is 2. The minimum absolute atomic E-state index is 0.119. The number of rotatable bonds is 13. The number of benzene rings is 1. The summed E-state index contributed by atoms with van der Waals surface area (Å²) in [5.41, 5.74) is 1.63. The van der Waals surface area contributed by atoms with E-state index in [1.807, 2.05) is 48.7 Å². The topological polar surface area (TPSA) is 80.7 Å². The lowest BCUT2D eigenvalue weighted by Crippen LogP contribution is -2.39. The second kappa shape index (κ2) is 14.2. The van der Waals surface area contributed by atoms with Gasteiger partial charge in [-0.1, -0.05) is 55.6 Å². The maximum absolute atomic E-state index is 13.2. The fraction of sp³-hybridized carbons (Fsp3) is 0.538. The Balaban J connectivity index is 1.72. The van der Waals surface area contributed by atoms with Crippen LogP contribution in [0.1, 0.15) is 48.5 Å². The van der Waals surface area contributed by atoms with Gasteiger partial charge in [-0.2, -0.15) is 0 Å². The van der Waals surface area contributed by atoms with E-state index < -0.39 is 0 Å². The second-order valence-corrected chi connectivity index (χ2v) is 9.56. The monoisotopic (exact) mass is 485 g/mol. The van der Waals surface area contributed by atoms with Gasteiger partial charge >= 0.3 is 0 Å². The molecule has 8 heteroatoms. The largest absolute Gasteiger partial charge is 0.394 e. The van der Waals surface area contributed by atoms with Crippen molar-refractivity contribution in [1.82, 2.24) is 15.2 Å². The summed E-state index contributed by atoms with van der Waals surface area (Å²) >= 11 is 1.61. The molecule has 3 N–H and O–H groups in total. The first kappa shape index (κ1) is 26.3. The minimum atomic E-state index is -0.352. The first-order valence-electron chi connectivity index (χ1n) is 12.4. The molecule has 1 fully saturated rings. The van der Waals surface area contributed by atoms with Crippen LogP contribution in [0.4, 0.5) is 11.6 Å². The van der Waals surface area contributed by atoms with Crippen LogP contribution in [0.15, 0.2) is 42.5 Å². The molecule has 1 aliphatic rings. The van der Waals surface area contributed by atoms with Crippen LogP contribution in [0.25, 0.3) is 0 Å². The zero-order valence-corrected chi connectivity index (χ0v) is 21.3. The standard InChI is InChI=1S/C26H39N5O2S/c1-3-13-31(34-2)25-19-22(18-24(29-25)27-12-16-30-14-8-5-9-15-30)26(33)28-23(20-32)17-21-10-6-4-7-11-21/h4,6-7,10-11,18-19,23,32H,3,5,8-9,12-17,20H2,1-2H3,(H,27,29)(H,28,33). The van der Waals surface area contributed by atoms with E-state index in [1.54, 1.807) is 11.9 Å². The molecule has 1 amide bonds. The average molecular weight is 486 g/mol. The molecule has 2 heterocycles. The molecule has 7 nitrogen and oxygen atoms in total. The summed E-state index contributed by atoms with van der Waals surface area (Å²) in [6, 6.07) is 13.2. The second-order valence-electron chi connectivity index (χ2n) is 8.76. The number of hydrogen-bond donors (Lipinski definition) is 3. The number of amides is 1. The van der Waals surface area contributed by atoms with E-state index in [9.17, 15) is 9.90 Å². The highest BCUT2D eigenvalue weighted by Crippen LogP contribution is 2.23. The van der Waals surface area contributed by atoms with Crippen molar-refractivity contribution < 1.29 is 9.90 Å². The van der Waals surface area contributed by atoms with Crippen molar-refractivity contribution in [2.75, 3.05) is 55.2 Å². The Morgan fingerprint density at radius 1 is 1.21 bits per heavy atom. The van der Waals surface area contributed by atoms with Gasteiger partial charge in [0.05, 0.1) is 12.6 Å². The highest BCUT2D eigenvalue weighted by molar-refractivity contribution is 7.99. The Labute approximate surface area is 208 Å². The van der Waals surface area contributed by atoms with E-state index >= 15 is 0 Å². The van der Waals surface area contributed by atoms with Gasteiger partial charge in [0, 0.05) is 31.5 Å². The van der Waals surface area contributed by atoms with Crippen molar-refractivity contribution >= 4 is 29.5 Å². The molecule has 2 aromatic rings. The van der Waals surface area contributed by atoms with Crippen LogP contribution in [-0.4, -0.2) is 72.5 Å². The molecule has 0 saturated carbocycles. The number of aliphatic hydroxyl groups excluding tert-OH is 1. The normalized spacial score (nSPS) is 15.0. The number of aromatic nitrogens is 1. The molecule has 1 atom stereocenters. The molecule has 3 rings (SSSR count). The number of carbonyl (C=O) groups is 1. The number of anilines is 2. The van der Waals surface area contributed by atoms with Crippen LogP contribution >= 0.6 is 11.9 Å². The van der Waals surface area contributed by atoms with Crippen molar-refractivity contribution in [3.63, 3.8) is 0 Å². The molecule has 0 spiro atoms. The third-order valence-corrected chi connectivity index (χ3v) is 6.85. The maximum Gasteiger partial charge on any atom is 0.251 e. The Bertz CT molecular complexity index is 877. The predicted octanol–water partition coefficient (Wildman–Crippen LogP) is 3.81. The van der Waals surface area contributed by atoms with Crippen molar-refractivity contribution in [2.45, 2.75) is 45.1 Å². The molecule has 1 aromatic heterocycles. The molecule has 0 bridgehead atoms. The molecule has 1 saturated heterocycles. The number of nitrogens with zero attached hydrogens (tertiary/aromatic N) is 3. The summed E-state index contributed by atoms with van der Waals surface area (Å²) < 4.78 is 2.11. The van der Waals surface area contributed by atoms with Crippen LogP contribution in [0, 0.1) is 0 Å². The number of pyridine rings is 1. The Morgan fingerprint density at radius 2 is 1.97 bits per heavy atom. The molecule has 1 aliphatic heterocycles.